The topological polar surface area (TPSA) is 42.1 Å². The summed E-state index contributed by atoms with van der Waals surface area (Å²) in [7, 11) is 0. The maximum absolute atomic E-state index is 10.6. The first-order valence-electron chi connectivity index (χ1n) is 8.16. The summed E-state index contributed by atoms with van der Waals surface area (Å²) in [6.07, 6.45) is 17.4. The van der Waals surface area contributed by atoms with Gasteiger partial charge in [0.15, 0.2) is 6.29 Å². The zero-order chi connectivity index (χ0) is 13.8. The molecule has 3 heteroatoms. The van der Waals surface area contributed by atoms with Crippen molar-refractivity contribution in [1.29, 1.82) is 0 Å². The van der Waals surface area contributed by atoms with Gasteiger partial charge in [-0.3, -0.25) is 4.79 Å². The molecule has 19 heavy (non-hydrogen) atoms. The van der Waals surface area contributed by atoms with E-state index in [1.165, 1.54) is 70.6 Å². The van der Waals surface area contributed by atoms with E-state index in [9.17, 15) is 4.79 Å². The Balaban J connectivity index is 1.71. The van der Waals surface area contributed by atoms with Crippen molar-refractivity contribution in [1.82, 2.24) is 0 Å². The molecule has 0 aromatic heterocycles. The fourth-order valence-corrected chi connectivity index (χ4v) is 2.45. The molecule has 1 rings (SSSR count). The molecule has 0 aromatic carbocycles. The maximum atomic E-state index is 10.6. The van der Waals surface area contributed by atoms with E-state index in [-0.39, 0.29) is 0 Å². The number of carbonyl (C=O) groups excluding carboxylic acids is 1. The van der Waals surface area contributed by atoms with Crippen molar-refractivity contribution in [3.05, 3.63) is 0 Å². The third kappa shape index (κ3) is 8.38. The summed E-state index contributed by atoms with van der Waals surface area (Å²) in [6, 6.07) is 0. The van der Waals surface area contributed by atoms with E-state index in [2.05, 4.69) is 16.7 Å². The van der Waals surface area contributed by atoms with Crippen LogP contribution in [0.5, 0.6) is 0 Å². The van der Waals surface area contributed by atoms with Gasteiger partial charge in [0, 0.05) is 6.42 Å². The van der Waals surface area contributed by atoms with Gasteiger partial charge in [-0.15, -0.1) is 0 Å². The SMILES string of the molecule is CCCCCCCCCCCCCCC1(C=O)OO1. The number of hydrogen-bond donors (Lipinski definition) is 0. The summed E-state index contributed by atoms with van der Waals surface area (Å²) in [5, 5.41) is 0. The summed E-state index contributed by atoms with van der Waals surface area (Å²) in [6.45, 7) is 2.26. The molecule has 0 bridgehead atoms. The molecule has 0 N–H and O–H groups in total. The van der Waals surface area contributed by atoms with Crippen molar-refractivity contribution in [2.75, 3.05) is 0 Å². The average Bonchev–Trinajstić information content (AvgIpc) is 3.21. The molecule has 0 atom stereocenters. The molecule has 1 heterocycles. The van der Waals surface area contributed by atoms with Gasteiger partial charge in [0.2, 0.25) is 0 Å². The molecule has 1 fully saturated rings. The van der Waals surface area contributed by atoms with Gasteiger partial charge in [-0.1, -0.05) is 77.6 Å². The molecular formula is C16H30O3. The Morgan fingerprint density at radius 3 is 1.53 bits per heavy atom. The van der Waals surface area contributed by atoms with Crippen LogP contribution in [0, 0.1) is 0 Å². The minimum atomic E-state index is -0.849. The van der Waals surface area contributed by atoms with Gasteiger partial charge in [-0.25, -0.2) is 0 Å². The number of rotatable bonds is 14. The van der Waals surface area contributed by atoms with Gasteiger partial charge in [-0.2, -0.15) is 9.78 Å². The van der Waals surface area contributed by atoms with Gasteiger partial charge in [0.05, 0.1) is 0 Å². The molecular weight excluding hydrogens is 240 g/mol. The van der Waals surface area contributed by atoms with E-state index in [0.717, 1.165) is 12.7 Å². The van der Waals surface area contributed by atoms with Gasteiger partial charge >= 0.3 is 0 Å². The Morgan fingerprint density at radius 2 is 1.16 bits per heavy atom. The van der Waals surface area contributed by atoms with Crippen molar-refractivity contribution in [2.45, 2.75) is 96.2 Å². The smallest absolute Gasteiger partial charge is 0.288 e. The van der Waals surface area contributed by atoms with Crippen molar-refractivity contribution >= 4 is 6.29 Å². The summed E-state index contributed by atoms with van der Waals surface area (Å²) in [5.74, 6) is -0.849. The van der Waals surface area contributed by atoms with Crippen LogP contribution in [-0.4, -0.2) is 12.1 Å². The molecule has 3 nitrogen and oxygen atoms in total. The van der Waals surface area contributed by atoms with Crippen molar-refractivity contribution < 1.29 is 14.6 Å². The molecule has 0 aromatic rings. The van der Waals surface area contributed by atoms with Crippen LogP contribution in [0.3, 0.4) is 0 Å². The Morgan fingerprint density at radius 1 is 0.737 bits per heavy atom. The molecule has 0 unspecified atom stereocenters. The first-order chi connectivity index (χ1) is 9.33. The highest BCUT2D eigenvalue weighted by Crippen LogP contribution is 2.32. The summed E-state index contributed by atoms with van der Waals surface area (Å²) in [4.78, 5) is 19.9. The molecule has 1 aliphatic heterocycles. The molecule has 0 amide bonds. The van der Waals surface area contributed by atoms with Crippen LogP contribution >= 0.6 is 0 Å². The summed E-state index contributed by atoms with van der Waals surface area (Å²) in [5.41, 5.74) is 0. The van der Waals surface area contributed by atoms with E-state index in [4.69, 9.17) is 0 Å². The molecule has 1 aliphatic rings. The highest BCUT2D eigenvalue weighted by atomic mass is 17.4. The first-order valence-corrected chi connectivity index (χ1v) is 8.16. The molecule has 0 saturated carbocycles. The predicted octanol–water partition coefficient (Wildman–Crippen LogP) is 4.93. The van der Waals surface area contributed by atoms with E-state index in [1.54, 1.807) is 0 Å². The van der Waals surface area contributed by atoms with Crippen molar-refractivity contribution in [3.8, 4) is 0 Å². The van der Waals surface area contributed by atoms with Crippen LogP contribution in [0.2, 0.25) is 0 Å². The number of unbranched alkanes of at least 4 members (excludes halogenated alkanes) is 11. The lowest BCUT2D eigenvalue weighted by atomic mass is 10.0. The zero-order valence-corrected chi connectivity index (χ0v) is 12.5. The molecule has 112 valence electrons. The molecule has 0 radical (unpaired) electrons. The lowest BCUT2D eigenvalue weighted by Gasteiger charge is -2.03. The third-order valence-corrected chi connectivity index (χ3v) is 3.86. The molecule has 0 spiro atoms. The standard InChI is InChI=1S/C16H30O3/c1-2-3-4-5-6-7-8-9-10-11-12-13-14-16(15-17)18-19-16/h15H,2-14H2,1H3. The monoisotopic (exact) mass is 270 g/mol. The van der Waals surface area contributed by atoms with Crippen LogP contribution in [0.4, 0.5) is 0 Å². The van der Waals surface area contributed by atoms with Gasteiger partial charge in [0.1, 0.15) is 0 Å². The highest BCUT2D eigenvalue weighted by Gasteiger charge is 2.48. The Kier molecular flexibility index (Phi) is 9.10. The predicted molar refractivity (Wildman–Crippen MR) is 76.7 cm³/mol. The highest BCUT2D eigenvalue weighted by molar-refractivity contribution is 5.61. The number of hydrogen-bond acceptors (Lipinski definition) is 3. The second-order valence-corrected chi connectivity index (χ2v) is 5.74. The van der Waals surface area contributed by atoms with E-state index in [1.807, 2.05) is 0 Å². The molecule has 1 saturated heterocycles. The van der Waals surface area contributed by atoms with Crippen LogP contribution in [0.25, 0.3) is 0 Å². The van der Waals surface area contributed by atoms with E-state index >= 15 is 0 Å². The van der Waals surface area contributed by atoms with Crippen LogP contribution in [-0.2, 0) is 14.6 Å². The lowest BCUT2D eigenvalue weighted by Crippen LogP contribution is -2.11. The van der Waals surface area contributed by atoms with E-state index in [0.29, 0.717) is 6.42 Å². The summed E-state index contributed by atoms with van der Waals surface area (Å²) < 4.78 is 0. The van der Waals surface area contributed by atoms with Crippen molar-refractivity contribution in [3.63, 3.8) is 0 Å². The Bertz CT molecular complexity index is 224. The Hall–Kier alpha value is -0.410. The first kappa shape index (κ1) is 16.6. The summed E-state index contributed by atoms with van der Waals surface area (Å²) >= 11 is 0. The minimum Gasteiger partial charge on any atom is -0.297 e. The minimum absolute atomic E-state index is 0.716. The Labute approximate surface area is 118 Å². The average molecular weight is 270 g/mol. The van der Waals surface area contributed by atoms with Crippen LogP contribution < -0.4 is 0 Å². The quantitative estimate of drug-likeness (QED) is 0.194. The van der Waals surface area contributed by atoms with Crippen LogP contribution in [0.1, 0.15) is 90.4 Å². The normalized spacial score (nSPS) is 16.5. The van der Waals surface area contributed by atoms with Gasteiger partial charge in [-0.05, 0) is 6.42 Å². The fourth-order valence-electron chi connectivity index (χ4n) is 2.45. The second kappa shape index (κ2) is 10.4. The van der Waals surface area contributed by atoms with Crippen molar-refractivity contribution in [2.24, 2.45) is 0 Å². The van der Waals surface area contributed by atoms with Gasteiger partial charge < -0.3 is 0 Å². The van der Waals surface area contributed by atoms with Crippen LogP contribution in [0.15, 0.2) is 0 Å². The zero-order valence-electron chi connectivity index (χ0n) is 12.5. The van der Waals surface area contributed by atoms with E-state index < -0.39 is 5.79 Å². The fraction of sp³-hybridized carbons (Fsp3) is 0.938. The third-order valence-electron chi connectivity index (χ3n) is 3.86. The second-order valence-electron chi connectivity index (χ2n) is 5.74. The van der Waals surface area contributed by atoms with Gasteiger partial charge in [0.25, 0.3) is 5.79 Å². The largest absolute Gasteiger partial charge is 0.297 e. The lowest BCUT2D eigenvalue weighted by molar-refractivity contribution is -0.113. The molecule has 0 aliphatic carbocycles. The number of aldehydes is 1. The number of carbonyl (C=O) groups is 1. The maximum Gasteiger partial charge on any atom is 0.288 e.